The standard InChI is InChI=1S/C17H17Cl2N3OS/c1-2-22-7-6-9-12(8-22)24-17-13(9)16(23)20-15(21-17)14-10(18)4-3-5-11(14)19/h3-5,15,21H,2,6-8H2,1H3,(H,20,23)/t15-/m1/s1. The molecule has 0 bridgehead atoms. The van der Waals surface area contributed by atoms with Crippen LogP contribution in [0.3, 0.4) is 0 Å². The van der Waals surface area contributed by atoms with E-state index in [9.17, 15) is 4.79 Å². The van der Waals surface area contributed by atoms with Crippen molar-refractivity contribution in [2.45, 2.75) is 26.1 Å². The highest BCUT2D eigenvalue weighted by Crippen LogP contribution is 2.42. The molecule has 7 heteroatoms. The monoisotopic (exact) mass is 381 g/mol. The van der Waals surface area contributed by atoms with Gasteiger partial charge in [0.1, 0.15) is 11.2 Å². The molecule has 0 saturated heterocycles. The van der Waals surface area contributed by atoms with E-state index in [2.05, 4.69) is 22.5 Å². The lowest BCUT2D eigenvalue weighted by atomic mass is 10.0. The normalized spacial score (nSPS) is 20.1. The van der Waals surface area contributed by atoms with Crippen molar-refractivity contribution in [1.29, 1.82) is 0 Å². The average molecular weight is 382 g/mol. The van der Waals surface area contributed by atoms with Crippen molar-refractivity contribution in [3.05, 3.63) is 49.8 Å². The second-order valence-corrected chi connectivity index (χ2v) is 7.93. The Labute approximate surface area is 154 Å². The smallest absolute Gasteiger partial charge is 0.256 e. The number of hydrogen-bond donors (Lipinski definition) is 2. The van der Waals surface area contributed by atoms with E-state index in [0.29, 0.717) is 15.6 Å². The molecular weight excluding hydrogens is 365 g/mol. The Morgan fingerprint density at radius 2 is 2.04 bits per heavy atom. The van der Waals surface area contributed by atoms with Gasteiger partial charge in [0.2, 0.25) is 0 Å². The lowest BCUT2D eigenvalue weighted by molar-refractivity contribution is 0.0935. The van der Waals surface area contributed by atoms with Gasteiger partial charge >= 0.3 is 0 Å². The molecule has 126 valence electrons. The number of benzene rings is 1. The second-order valence-electron chi connectivity index (χ2n) is 6.01. The fourth-order valence-corrected chi connectivity index (χ4v) is 5.30. The summed E-state index contributed by atoms with van der Waals surface area (Å²) >= 11 is 14.3. The van der Waals surface area contributed by atoms with E-state index in [1.54, 1.807) is 29.5 Å². The van der Waals surface area contributed by atoms with Crippen LogP contribution < -0.4 is 10.6 Å². The number of rotatable bonds is 2. The van der Waals surface area contributed by atoms with Crippen LogP contribution in [0.4, 0.5) is 5.00 Å². The Hall–Kier alpha value is -1.27. The Balaban J connectivity index is 1.71. The summed E-state index contributed by atoms with van der Waals surface area (Å²) in [4.78, 5) is 16.4. The summed E-state index contributed by atoms with van der Waals surface area (Å²) in [6.07, 6.45) is 0.510. The van der Waals surface area contributed by atoms with Crippen LogP contribution in [0.2, 0.25) is 10.0 Å². The Bertz CT molecular complexity index is 800. The number of carbonyl (C=O) groups excluding carboxylic acids is 1. The molecule has 3 heterocycles. The topological polar surface area (TPSA) is 44.4 Å². The SMILES string of the molecule is CCN1CCc2c(sc3c2C(=O)N[C@@H](c2c(Cl)cccc2Cl)N3)C1. The molecule has 0 radical (unpaired) electrons. The van der Waals surface area contributed by atoms with Gasteiger partial charge in [-0.05, 0) is 30.7 Å². The lowest BCUT2D eigenvalue weighted by Gasteiger charge is -2.28. The zero-order valence-electron chi connectivity index (χ0n) is 13.2. The maximum absolute atomic E-state index is 12.7. The second kappa shape index (κ2) is 6.23. The van der Waals surface area contributed by atoms with Crippen LogP contribution in [0, 0.1) is 0 Å². The molecule has 2 N–H and O–H groups in total. The summed E-state index contributed by atoms with van der Waals surface area (Å²) < 4.78 is 0. The number of nitrogens with zero attached hydrogens (tertiary/aromatic N) is 1. The van der Waals surface area contributed by atoms with Crippen molar-refractivity contribution in [2.75, 3.05) is 18.4 Å². The third-order valence-electron chi connectivity index (χ3n) is 4.65. The van der Waals surface area contributed by atoms with Crippen molar-refractivity contribution in [3.8, 4) is 0 Å². The van der Waals surface area contributed by atoms with Gasteiger partial charge in [-0.2, -0.15) is 0 Å². The summed E-state index contributed by atoms with van der Waals surface area (Å²) in [5.74, 6) is -0.0489. The largest absolute Gasteiger partial charge is 0.353 e. The number of halogens is 2. The van der Waals surface area contributed by atoms with Gasteiger partial charge in [0.25, 0.3) is 5.91 Å². The average Bonchev–Trinajstić information content (AvgIpc) is 2.92. The first kappa shape index (κ1) is 16.2. The summed E-state index contributed by atoms with van der Waals surface area (Å²) in [5.41, 5.74) is 2.69. The van der Waals surface area contributed by atoms with Gasteiger partial charge in [0, 0.05) is 33.6 Å². The summed E-state index contributed by atoms with van der Waals surface area (Å²) in [6, 6.07) is 5.36. The summed E-state index contributed by atoms with van der Waals surface area (Å²) in [6.45, 7) is 5.11. The molecule has 2 aromatic rings. The molecule has 0 unspecified atom stereocenters. The first-order chi connectivity index (χ1) is 11.6. The number of fused-ring (bicyclic) bond motifs is 3. The molecule has 1 aromatic heterocycles. The molecule has 0 aliphatic carbocycles. The van der Waals surface area contributed by atoms with Gasteiger partial charge in [-0.25, -0.2) is 0 Å². The molecule has 0 fully saturated rings. The van der Waals surface area contributed by atoms with E-state index in [0.717, 1.165) is 36.6 Å². The first-order valence-electron chi connectivity index (χ1n) is 7.96. The maximum atomic E-state index is 12.7. The van der Waals surface area contributed by atoms with E-state index >= 15 is 0 Å². The van der Waals surface area contributed by atoms with Crippen molar-refractivity contribution in [2.24, 2.45) is 0 Å². The highest BCUT2D eigenvalue weighted by Gasteiger charge is 2.34. The van der Waals surface area contributed by atoms with Crippen molar-refractivity contribution in [3.63, 3.8) is 0 Å². The third kappa shape index (κ3) is 2.60. The number of anilines is 1. The number of nitrogens with one attached hydrogen (secondary N) is 2. The van der Waals surface area contributed by atoms with Gasteiger partial charge < -0.3 is 10.6 Å². The molecule has 2 aliphatic heterocycles. The molecule has 1 atom stereocenters. The van der Waals surface area contributed by atoms with Gasteiger partial charge in [-0.3, -0.25) is 9.69 Å². The van der Waals surface area contributed by atoms with Gasteiger partial charge in [0.15, 0.2) is 0 Å². The van der Waals surface area contributed by atoms with E-state index in [4.69, 9.17) is 23.2 Å². The van der Waals surface area contributed by atoms with Crippen LogP contribution in [0.15, 0.2) is 18.2 Å². The number of carbonyl (C=O) groups is 1. The van der Waals surface area contributed by atoms with Crippen LogP contribution in [-0.2, 0) is 13.0 Å². The molecule has 4 rings (SSSR count). The summed E-state index contributed by atoms with van der Waals surface area (Å²) in [5, 5.41) is 8.43. The molecule has 0 saturated carbocycles. The molecule has 4 nitrogen and oxygen atoms in total. The van der Waals surface area contributed by atoms with Crippen molar-refractivity contribution in [1.82, 2.24) is 10.2 Å². The van der Waals surface area contributed by atoms with E-state index < -0.39 is 6.17 Å². The van der Waals surface area contributed by atoms with E-state index in [1.165, 1.54) is 10.4 Å². The van der Waals surface area contributed by atoms with Crippen molar-refractivity contribution >= 4 is 45.4 Å². The quantitative estimate of drug-likeness (QED) is 0.815. The molecule has 1 aromatic carbocycles. The lowest BCUT2D eigenvalue weighted by Crippen LogP contribution is -2.39. The number of amides is 1. The van der Waals surface area contributed by atoms with Crippen LogP contribution in [0.25, 0.3) is 0 Å². The van der Waals surface area contributed by atoms with Gasteiger partial charge in [-0.15, -0.1) is 11.3 Å². The zero-order valence-corrected chi connectivity index (χ0v) is 15.5. The van der Waals surface area contributed by atoms with Crippen LogP contribution in [-0.4, -0.2) is 23.9 Å². The zero-order chi connectivity index (χ0) is 16.8. The molecule has 0 spiro atoms. The molecule has 2 aliphatic rings. The van der Waals surface area contributed by atoms with E-state index in [-0.39, 0.29) is 5.91 Å². The number of likely N-dealkylation sites (N-methyl/N-ethyl adjacent to an activating group) is 1. The van der Waals surface area contributed by atoms with Crippen LogP contribution in [0.1, 0.15) is 39.5 Å². The maximum Gasteiger partial charge on any atom is 0.256 e. The highest BCUT2D eigenvalue weighted by atomic mass is 35.5. The Morgan fingerprint density at radius 1 is 1.29 bits per heavy atom. The minimum Gasteiger partial charge on any atom is -0.353 e. The molecule has 1 amide bonds. The summed E-state index contributed by atoms with van der Waals surface area (Å²) in [7, 11) is 0. The fourth-order valence-electron chi connectivity index (χ4n) is 3.37. The van der Waals surface area contributed by atoms with Crippen LogP contribution in [0.5, 0.6) is 0 Å². The van der Waals surface area contributed by atoms with E-state index in [1.807, 2.05) is 0 Å². The minimum absolute atomic E-state index is 0.0489. The molecular formula is C17H17Cl2N3OS. The predicted molar refractivity (Wildman–Crippen MR) is 99.3 cm³/mol. The molecule has 24 heavy (non-hydrogen) atoms. The fraction of sp³-hybridized carbons (Fsp3) is 0.353. The van der Waals surface area contributed by atoms with Gasteiger partial charge in [0.05, 0.1) is 5.56 Å². The minimum atomic E-state index is -0.409. The first-order valence-corrected chi connectivity index (χ1v) is 9.54. The third-order valence-corrected chi connectivity index (χ3v) is 6.46. The van der Waals surface area contributed by atoms with Gasteiger partial charge in [-0.1, -0.05) is 36.2 Å². The number of thiophene rings is 1. The number of hydrogen-bond acceptors (Lipinski definition) is 4. The van der Waals surface area contributed by atoms with Crippen LogP contribution >= 0.6 is 34.5 Å². The highest BCUT2D eigenvalue weighted by molar-refractivity contribution is 7.16. The van der Waals surface area contributed by atoms with Crippen molar-refractivity contribution < 1.29 is 4.79 Å². The Kier molecular flexibility index (Phi) is 4.21. The Morgan fingerprint density at radius 3 is 2.75 bits per heavy atom. The predicted octanol–water partition coefficient (Wildman–Crippen LogP) is 4.29.